The Balaban J connectivity index is 3.35. The van der Waals surface area contributed by atoms with Gasteiger partial charge in [-0.15, -0.1) is 6.58 Å². The molecule has 0 fully saturated rings. The van der Waals surface area contributed by atoms with Gasteiger partial charge in [0.25, 0.3) is 0 Å². The summed E-state index contributed by atoms with van der Waals surface area (Å²) in [6, 6.07) is 3.48. The molecule has 0 aromatic heterocycles. The molecule has 1 aromatic carbocycles. The Kier molecular flexibility index (Phi) is 5.90. The highest BCUT2D eigenvalue weighted by Gasteiger charge is 2.24. The van der Waals surface area contributed by atoms with Crippen LogP contribution in [0.25, 0.3) is 0 Å². The Labute approximate surface area is 119 Å². The van der Waals surface area contributed by atoms with Gasteiger partial charge in [-0.25, -0.2) is 0 Å². The fourth-order valence-corrected chi connectivity index (χ4v) is 1.98. The molecule has 1 rings (SSSR count). The monoisotopic (exact) mass is 280 g/mol. The molecule has 0 radical (unpaired) electrons. The second-order valence-electron chi connectivity index (χ2n) is 4.06. The van der Waals surface area contributed by atoms with E-state index in [0.29, 0.717) is 23.7 Å². The maximum Gasteiger partial charge on any atom is 0.313 e. The maximum atomic E-state index is 11.9. The van der Waals surface area contributed by atoms with Crippen molar-refractivity contribution in [2.24, 2.45) is 0 Å². The van der Waals surface area contributed by atoms with Crippen LogP contribution in [0.2, 0.25) is 0 Å². The van der Waals surface area contributed by atoms with E-state index in [1.165, 1.54) is 28.4 Å². The van der Waals surface area contributed by atoms with Gasteiger partial charge in [-0.1, -0.05) is 6.08 Å². The number of ether oxygens (including phenoxy) is 4. The van der Waals surface area contributed by atoms with Crippen LogP contribution in [-0.2, 0) is 9.53 Å². The molecule has 0 aliphatic heterocycles. The number of rotatable bonds is 7. The van der Waals surface area contributed by atoms with Gasteiger partial charge in [0.15, 0.2) is 11.5 Å². The van der Waals surface area contributed by atoms with Crippen LogP contribution >= 0.6 is 0 Å². The zero-order valence-electron chi connectivity index (χ0n) is 12.3. The van der Waals surface area contributed by atoms with Gasteiger partial charge in [0.2, 0.25) is 5.75 Å². The Morgan fingerprint density at radius 1 is 1.15 bits per heavy atom. The summed E-state index contributed by atoms with van der Waals surface area (Å²) < 4.78 is 20.6. The molecule has 5 nitrogen and oxygen atoms in total. The smallest absolute Gasteiger partial charge is 0.313 e. The molecule has 0 N–H and O–H groups in total. The van der Waals surface area contributed by atoms with Gasteiger partial charge in [0, 0.05) is 0 Å². The van der Waals surface area contributed by atoms with Crippen LogP contribution in [0, 0.1) is 0 Å². The quantitative estimate of drug-likeness (QED) is 0.567. The van der Waals surface area contributed by atoms with Crippen LogP contribution in [-0.4, -0.2) is 34.4 Å². The lowest BCUT2D eigenvalue weighted by Crippen LogP contribution is -2.14. The molecular formula is C15H20O5. The average molecular weight is 280 g/mol. The van der Waals surface area contributed by atoms with E-state index in [4.69, 9.17) is 18.9 Å². The highest BCUT2D eigenvalue weighted by molar-refractivity contribution is 5.79. The summed E-state index contributed by atoms with van der Waals surface area (Å²) >= 11 is 0. The number of benzene rings is 1. The molecule has 1 unspecified atom stereocenters. The number of hydrogen-bond donors (Lipinski definition) is 0. The fourth-order valence-electron chi connectivity index (χ4n) is 1.98. The lowest BCUT2D eigenvalue weighted by atomic mass is 9.95. The van der Waals surface area contributed by atoms with Crippen LogP contribution in [0.5, 0.6) is 17.2 Å². The van der Waals surface area contributed by atoms with Crippen molar-refractivity contribution in [3.8, 4) is 17.2 Å². The standard InChI is InChI=1S/C15H20O5/c1-6-7-11(15(16)20-5)10-8-12(17-2)14(19-4)13(9-10)18-3/h6,8-9,11H,1,7H2,2-5H3. The molecule has 1 atom stereocenters. The topological polar surface area (TPSA) is 54.0 Å². The Bertz CT molecular complexity index is 456. The van der Waals surface area contributed by atoms with Crippen molar-refractivity contribution in [2.75, 3.05) is 28.4 Å². The minimum absolute atomic E-state index is 0.334. The minimum Gasteiger partial charge on any atom is -0.493 e. The summed E-state index contributed by atoms with van der Waals surface area (Å²) in [6.45, 7) is 3.67. The molecule has 1 aromatic rings. The van der Waals surface area contributed by atoms with Gasteiger partial charge in [0.05, 0.1) is 34.4 Å². The SMILES string of the molecule is C=CCC(C(=O)OC)c1cc(OC)c(OC)c(OC)c1. The van der Waals surface area contributed by atoms with Crippen molar-refractivity contribution < 1.29 is 23.7 Å². The second-order valence-corrected chi connectivity index (χ2v) is 4.06. The highest BCUT2D eigenvalue weighted by Crippen LogP contribution is 2.40. The molecule has 0 spiro atoms. The van der Waals surface area contributed by atoms with Crippen LogP contribution < -0.4 is 14.2 Å². The van der Waals surface area contributed by atoms with E-state index in [2.05, 4.69) is 6.58 Å². The summed E-state index contributed by atoms with van der Waals surface area (Å²) in [5, 5.41) is 0. The summed E-state index contributed by atoms with van der Waals surface area (Å²) in [7, 11) is 5.95. The van der Waals surface area contributed by atoms with Crippen molar-refractivity contribution in [1.29, 1.82) is 0 Å². The molecule has 0 saturated carbocycles. The van der Waals surface area contributed by atoms with Crippen molar-refractivity contribution >= 4 is 5.97 Å². The molecule has 0 aliphatic rings. The third kappa shape index (κ3) is 3.23. The number of carbonyl (C=O) groups is 1. The number of esters is 1. The van der Waals surface area contributed by atoms with E-state index in [1.807, 2.05) is 0 Å². The van der Waals surface area contributed by atoms with E-state index < -0.39 is 5.92 Å². The first-order valence-corrected chi connectivity index (χ1v) is 6.11. The lowest BCUT2D eigenvalue weighted by molar-refractivity contribution is -0.142. The summed E-state index contributed by atoms with van der Waals surface area (Å²) in [4.78, 5) is 11.9. The first kappa shape index (κ1) is 15.9. The van der Waals surface area contributed by atoms with Crippen LogP contribution in [0.4, 0.5) is 0 Å². The molecule has 0 amide bonds. The van der Waals surface area contributed by atoms with Crippen molar-refractivity contribution in [3.63, 3.8) is 0 Å². The number of allylic oxidation sites excluding steroid dienone is 1. The van der Waals surface area contributed by atoms with Gasteiger partial charge in [0.1, 0.15) is 0 Å². The summed E-state index contributed by atoms with van der Waals surface area (Å²) in [6.07, 6.45) is 2.14. The predicted octanol–water partition coefficient (Wildman–Crippen LogP) is 2.55. The summed E-state index contributed by atoms with van der Waals surface area (Å²) in [5.41, 5.74) is 0.728. The van der Waals surface area contributed by atoms with Gasteiger partial charge in [-0.3, -0.25) is 4.79 Å². The lowest BCUT2D eigenvalue weighted by Gasteiger charge is -2.18. The van der Waals surface area contributed by atoms with E-state index in [1.54, 1.807) is 18.2 Å². The molecule has 0 aliphatic carbocycles. The van der Waals surface area contributed by atoms with Crippen molar-refractivity contribution in [2.45, 2.75) is 12.3 Å². The van der Waals surface area contributed by atoms with Crippen molar-refractivity contribution in [1.82, 2.24) is 0 Å². The Morgan fingerprint density at radius 3 is 2.05 bits per heavy atom. The second kappa shape index (κ2) is 7.43. The van der Waals surface area contributed by atoms with Crippen LogP contribution in [0.15, 0.2) is 24.8 Å². The molecule has 5 heteroatoms. The summed E-state index contributed by atoms with van der Waals surface area (Å²) in [5.74, 6) is 0.700. The van der Waals surface area contributed by atoms with E-state index in [9.17, 15) is 4.79 Å². The van der Waals surface area contributed by atoms with Crippen molar-refractivity contribution in [3.05, 3.63) is 30.4 Å². The Morgan fingerprint density at radius 2 is 1.70 bits per heavy atom. The van der Waals surface area contributed by atoms with E-state index >= 15 is 0 Å². The van der Waals surface area contributed by atoms with Gasteiger partial charge in [-0.05, 0) is 24.1 Å². The molecule has 0 heterocycles. The third-order valence-electron chi connectivity index (χ3n) is 2.98. The minimum atomic E-state index is -0.453. The number of hydrogen-bond acceptors (Lipinski definition) is 5. The zero-order valence-corrected chi connectivity index (χ0v) is 12.3. The first-order chi connectivity index (χ1) is 9.62. The van der Waals surface area contributed by atoms with Gasteiger partial charge in [-0.2, -0.15) is 0 Å². The van der Waals surface area contributed by atoms with E-state index in [-0.39, 0.29) is 5.97 Å². The average Bonchev–Trinajstić information content (AvgIpc) is 2.50. The van der Waals surface area contributed by atoms with E-state index in [0.717, 1.165) is 5.56 Å². The normalized spacial score (nSPS) is 11.4. The van der Waals surface area contributed by atoms with Gasteiger partial charge < -0.3 is 18.9 Å². The number of carbonyl (C=O) groups excluding carboxylic acids is 1. The molecule has 0 bridgehead atoms. The fraction of sp³-hybridized carbons (Fsp3) is 0.400. The zero-order chi connectivity index (χ0) is 15.1. The maximum absolute atomic E-state index is 11.9. The molecular weight excluding hydrogens is 260 g/mol. The highest BCUT2D eigenvalue weighted by atomic mass is 16.5. The molecule has 110 valence electrons. The first-order valence-electron chi connectivity index (χ1n) is 6.11. The molecule has 20 heavy (non-hydrogen) atoms. The third-order valence-corrected chi connectivity index (χ3v) is 2.98. The van der Waals surface area contributed by atoms with Gasteiger partial charge >= 0.3 is 5.97 Å². The largest absolute Gasteiger partial charge is 0.493 e. The van der Waals surface area contributed by atoms with Crippen LogP contribution in [0.1, 0.15) is 17.9 Å². The Hall–Kier alpha value is -2.17. The van der Waals surface area contributed by atoms with Crippen LogP contribution in [0.3, 0.4) is 0 Å². The number of methoxy groups -OCH3 is 4. The predicted molar refractivity (Wildman–Crippen MR) is 75.7 cm³/mol. The molecule has 0 saturated heterocycles.